The van der Waals surface area contributed by atoms with Gasteiger partial charge in [0.15, 0.2) is 10.6 Å². The molecule has 1 aliphatic carbocycles. The van der Waals surface area contributed by atoms with E-state index in [2.05, 4.69) is 24.0 Å². The van der Waals surface area contributed by atoms with Crippen molar-refractivity contribution in [3.8, 4) is 11.4 Å². The van der Waals surface area contributed by atoms with Gasteiger partial charge in [0, 0.05) is 12.6 Å². The number of benzene rings is 2. The van der Waals surface area contributed by atoms with E-state index in [0.29, 0.717) is 28.9 Å². The van der Waals surface area contributed by atoms with E-state index in [1.54, 1.807) is 12.1 Å². The summed E-state index contributed by atoms with van der Waals surface area (Å²) in [7, 11) is 0. The van der Waals surface area contributed by atoms with E-state index < -0.39 is 0 Å². The molecule has 1 aromatic heterocycles. The van der Waals surface area contributed by atoms with E-state index in [4.69, 9.17) is 17.3 Å². The maximum absolute atomic E-state index is 14.4. The van der Waals surface area contributed by atoms with Crippen molar-refractivity contribution in [2.45, 2.75) is 39.0 Å². The number of hydrogen-bond donors (Lipinski definition) is 0. The number of halogens is 1. The largest absolute Gasteiger partial charge is 0.297 e. The van der Waals surface area contributed by atoms with Crippen LogP contribution in [0, 0.1) is 10.6 Å². The Kier molecular flexibility index (Phi) is 5.18. The van der Waals surface area contributed by atoms with Gasteiger partial charge < -0.3 is 0 Å². The van der Waals surface area contributed by atoms with Crippen molar-refractivity contribution in [3.63, 3.8) is 0 Å². The fourth-order valence-electron chi connectivity index (χ4n) is 3.29. The van der Waals surface area contributed by atoms with Gasteiger partial charge in [0.2, 0.25) is 0 Å². The third-order valence-corrected chi connectivity index (χ3v) is 5.33. The molecule has 1 aliphatic rings. The molecule has 6 heteroatoms. The predicted molar refractivity (Wildman–Crippen MR) is 107 cm³/mol. The van der Waals surface area contributed by atoms with Gasteiger partial charge in [-0.15, -0.1) is 0 Å². The highest BCUT2D eigenvalue weighted by Crippen LogP contribution is 2.39. The fourth-order valence-corrected chi connectivity index (χ4v) is 3.63. The Bertz CT molecular complexity index is 975. The van der Waals surface area contributed by atoms with E-state index in [9.17, 15) is 4.39 Å². The topological polar surface area (TPSA) is 26.0 Å². The van der Waals surface area contributed by atoms with Gasteiger partial charge >= 0.3 is 0 Å². The second kappa shape index (κ2) is 7.74. The zero-order valence-corrected chi connectivity index (χ0v) is 16.2. The molecule has 0 radical (unpaired) electrons. The molecule has 1 heterocycles. The predicted octanol–water partition coefficient (Wildman–Crippen LogP) is 5.03. The Labute approximate surface area is 163 Å². The molecule has 1 fully saturated rings. The molecular weight excluding hydrogens is 359 g/mol. The summed E-state index contributed by atoms with van der Waals surface area (Å²) >= 11 is 5.72. The first-order valence-corrected chi connectivity index (χ1v) is 9.78. The maximum Gasteiger partial charge on any atom is 0.199 e. The molecule has 4 nitrogen and oxygen atoms in total. The van der Waals surface area contributed by atoms with Gasteiger partial charge in [0.25, 0.3) is 0 Å². The van der Waals surface area contributed by atoms with Crippen molar-refractivity contribution in [2.75, 3.05) is 6.54 Å². The van der Waals surface area contributed by atoms with Crippen molar-refractivity contribution < 1.29 is 4.39 Å². The third kappa shape index (κ3) is 3.87. The molecular formula is C21H23FN4S. The first-order valence-electron chi connectivity index (χ1n) is 9.38. The molecule has 4 rings (SSSR count). The fraction of sp³-hybridized carbons (Fsp3) is 0.333. The summed E-state index contributed by atoms with van der Waals surface area (Å²) in [6.07, 6.45) is 2.14. The van der Waals surface area contributed by atoms with Gasteiger partial charge in [-0.25, -0.2) is 9.07 Å². The van der Waals surface area contributed by atoms with Crippen LogP contribution in [0.15, 0.2) is 54.6 Å². The minimum absolute atomic E-state index is 0.261. The van der Waals surface area contributed by atoms with Crippen molar-refractivity contribution >= 4 is 12.2 Å². The first-order chi connectivity index (χ1) is 13.2. The van der Waals surface area contributed by atoms with Gasteiger partial charge in [0.1, 0.15) is 5.82 Å². The second-order valence-electron chi connectivity index (χ2n) is 6.96. The molecule has 0 bridgehead atoms. The number of rotatable bonds is 7. The zero-order chi connectivity index (χ0) is 18.8. The van der Waals surface area contributed by atoms with Crippen molar-refractivity contribution in [2.24, 2.45) is 0 Å². The van der Waals surface area contributed by atoms with Crippen LogP contribution < -0.4 is 0 Å². The van der Waals surface area contributed by atoms with Crippen LogP contribution in [0.3, 0.4) is 0 Å². The molecule has 0 atom stereocenters. The quantitative estimate of drug-likeness (QED) is 0.536. The summed E-state index contributed by atoms with van der Waals surface area (Å²) in [5, 5.41) is 4.73. The molecule has 0 aliphatic heterocycles. The minimum Gasteiger partial charge on any atom is -0.297 e. The molecule has 2 aromatic carbocycles. The monoisotopic (exact) mass is 382 g/mol. The Morgan fingerprint density at radius 2 is 1.81 bits per heavy atom. The number of aromatic nitrogens is 3. The lowest BCUT2D eigenvalue weighted by molar-refractivity contribution is 0.207. The molecule has 0 unspecified atom stereocenters. The van der Waals surface area contributed by atoms with Crippen LogP contribution in [0.4, 0.5) is 4.39 Å². The van der Waals surface area contributed by atoms with Crippen LogP contribution in [-0.4, -0.2) is 25.8 Å². The number of nitrogens with zero attached hydrogens (tertiary/aromatic N) is 4. The van der Waals surface area contributed by atoms with E-state index in [1.165, 1.54) is 11.6 Å². The van der Waals surface area contributed by atoms with Crippen LogP contribution in [-0.2, 0) is 13.2 Å². The average Bonchev–Trinajstić information content (AvgIpc) is 3.47. The lowest BCUT2D eigenvalue weighted by atomic mass is 10.2. The van der Waals surface area contributed by atoms with Gasteiger partial charge in [-0.2, -0.15) is 5.10 Å². The molecule has 0 saturated heterocycles. The molecule has 0 spiro atoms. The summed E-state index contributed by atoms with van der Waals surface area (Å²) in [6.45, 7) is 4.42. The zero-order valence-electron chi connectivity index (χ0n) is 15.4. The lowest BCUT2D eigenvalue weighted by Crippen LogP contribution is -2.26. The first kappa shape index (κ1) is 18.1. The molecule has 1 saturated carbocycles. The number of hydrogen-bond acceptors (Lipinski definition) is 3. The Morgan fingerprint density at radius 1 is 1.11 bits per heavy atom. The lowest BCUT2D eigenvalue weighted by Gasteiger charge is -2.20. The highest BCUT2D eigenvalue weighted by molar-refractivity contribution is 7.71. The SMILES string of the molecule is CCN(Cc1ccccc1)Cn1nc(-c2ccccc2F)n(C2CC2)c1=S. The van der Waals surface area contributed by atoms with E-state index in [1.807, 2.05) is 33.5 Å². The maximum atomic E-state index is 14.4. The van der Waals surface area contributed by atoms with Gasteiger partial charge in [-0.1, -0.05) is 49.4 Å². The Hall–Kier alpha value is -2.31. The Morgan fingerprint density at radius 3 is 2.48 bits per heavy atom. The highest BCUT2D eigenvalue weighted by Gasteiger charge is 2.30. The van der Waals surface area contributed by atoms with E-state index in [-0.39, 0.29) is 5.82 Å². The van der Waals surface area contributed by atoms with Crippen molar-refractivity contribution in [1.82, 2.24) is 19.2 Å². The van der Waals surface area contributed by atoms with Crippen molar-refractivity contribution in [3.05, 3.63) is 70.7 Å². The van der Waals surface area contributed by atoms with E-state index >= 15 is 0 Å². The molecule has 0 N–H and O–H groups in total. The molecule has 140 valence electrons. The summed E-state index contributed by atoms with van der Waals surface area (Å²) in [4.78, 5) is 2.28. The minimum atomic E-state index is -0.261. The summed E-state index contributed by atoms with van der Waals surface area (Å²) in [5.41, 5.74) is 1.77. The normalized spacial score (nSPS) is 14.0. The van der Waals surface area contributed by atoms with Crippen molar-refractivity contribution in [1.29, 1.82) is 0 Å². The van der Waals surface area contributed by atoms with E-state index in [0.717, 1.165) is 25.9 Å². The summed E-state index contributed by atoms with van der Waals surface area (Å²) in [6, 6.07) is 17.5. The summed E-state index contributed by atoms with van der Waals surface area (Å²) < 4.78 is 18.9. The van der Waals surface area contributed by atoms with Crippen LogP contribution in [0.5, 0.6) is 0 Å². The van der Waals surface area contributed by atoms with Gasteiger partial charge in [-0.05, 0) is 49.3 Å². The summed E-state index contributed by atoms with van der Waals surface area (Å²) in [5.74, 6) is 0.375. The van der Waals surface area contributed by atoms with Crippen LogP contribution in [0.1, 0.15) is 31.4 Å². The van der Waals surface area contributed by atoms with Crippen LogP contribution >= 0.6 is 12.2 Å². The second-order valence-corrected chi connectivity index (χ2v) is 7.32. The average molecular weight is 383 g/mol. The highest BCUT2D eigenvalue weighted by atomic mass is 32.1. The van der Waals surface area contributed by atoms with Gasteiger partial charge in [-0.3, -0.25) is 9.47 Å². The molecule has 3 aromatic rings. The Balaban J connectivity index is 1.66. The molecule has 27 heavy (non-hydrogen) atoms. The smallest absolute Gasteiger partial charge is 0.199 e. The standard InChI is InChI=1S/C21H23FN4S/c1-2-24(14-16-8-4-3-5-9-16)15-25-21(27)26(17-12-13-17)20(23-25)18-10-6-7-11-19(18)22/h3-11,17H,2,12-15H2,1H3. The third-order valence-electron chi connectivity index (χ3n) is 4.93. The molecule has 0 amide bonds. The van der Waals surface area contributed by atoms with Gasteiger partial charge in [0.05, 0.1) is 12.2 Å². The van der Waals surface area contributed by atoms with Crippen LogP contribution in [0.2, 0.25) is 0 Å². The van der Waals surface area contributed by atoms with Crippen LogP contribution in [0.25, 0.3) is 11.4 Å².